The van der Waals surface area contributed by atoms with Crippen LogP contribution in [0.3, 0.4) is 0 Å². The molecule has 0 bridgehead atoms. The zero-order valence-electron chi connectivity index (χ0n) is 18.2. The number of rotatable bonds is 5. The van der Waals surface area contributed by atoms with E-state index in [1.54, 1.807) is 32.1 Å². The maximum Gasteiger partial charge on any atom is 0.338 e. The van der Waals surface area contributed by atoms with Crippen LogP contribution >= 0.6 is 27.3 Å². The van der Waals surface area contributed by atoms with Crippen molar-refractivity contribution < 1.29 is 19.4 Å². The van der Waals surface area contributed by atoms with Gasteiger partial charge in [0, 0.05) is 10.2 Å². The first kappa shape index (κ1) is 23.0. The van der Waals surface area contributed by atoms with E-state index in [-0.39, 0.29) is 17.9 Å². The molecule has 0 fully saturated rings. The van der Waals surface area contributed by atoms with Gasteiger partial charge in [0.15, 0.2) is 16.3 Å². The topological polar surface area (TPSA) is 90.1 Å². The molecule has 1 aliphatic rings. The molecule has 7 nitrogen and oxygen atoms in total. The summed E-state index contributed by atoms with van der Waals surface area (Å²) >= 11 is 4.66. The number of phenolic OH excluding ortho intramolecular Hbond substituents is 1. The van der Waals surface area contributed by atoms with E-state index in [4.69, 9.17) is 14.5 Å². The van der Waals surface area contributed by atoms with Crippen LogP contribution in [0.1, 0.15) is 31.0 Å². The van der Waals surface area contributed by atoms with Crippen molar-refractivity contribution >= 4 is 45.0 Å². The van der Waals surface area contributed by atoms with Gasteiger partial charge in [-0.3, -0.25) is 9.36 Å². The van der Waals surface area contributed by atoms with Crippen molar-refractivity contribution in [3.05, 3.63) is 83.3 Å². The fraction of sp³-hybridized carbons (Fsp3) is 0.208. The third-order valence-corrected chi connectivity index (χ3v) is 6.74. The summed E-state index contributed by atoms with van der Waals surface area (Å²) in [5, 5.41) is 9.83. The number of ether oxygens (including phenoxy) is 2. The molecular weight excluding hydrogens is 508 g/mol. The number of carbonyl (C=O) groups is 1. The third-order valence-electron chi connectivity index (χ3n) is 5.23. The standard InChI is InChI=1S/C24H21BrN2O5S/c1-4-32-23(30)20-13(2)27-22(29)19(12-14-5-10-17(28)18(11-14)31-3)33-24(27)26-21(20)15-6-8-16(25)9-7-15/h5-12,21,28H,4H2,1-3H3/b19-12-/t21-/m0/s1. The van der Waals surface area contributed by atoms with Gasteiger partial charge in [0.2, 0.25) is 0 Å². The number of aromatic nitrogens is 1. The number of phenols is 1. The van der Waals surface area contributed by atoms with Gasteiger partial charge in [0.05, 0.1) is 23.8 Å². The molecular formula is C24H21BrN2O5S. The number of halogens is 1. The predicted octanol–water partition coefficient (Wildman–Crippen LogP) is 3.38. The smallest absolute Gasteiger partial charge is 0.338 e. The highest BCUT2D eigenvalue weighted by atomic mass is 79.9. The Hall–Kier alpha value is -3.17. The molecule has 0 radical (unpaired) electrons. The van der Waals surface area contributed by atoms with Crippen LogP contribution in [0, 0.1) is 0 Å². The highest BCUT2D eigenvalue weighted by molar-refractivity contribution is 9.10. The fourth-order valence-electron chi connectivity index (χ4n) is 3.64. The second-order valence-corrected chi connectivity index (χ2v) is 9.19. The molecule has 9 heteroatoms. The summed E-state index contributed by atoms with van der Waals surface area (Å²) < 4.78 is 13.3. The molecule has 1 N–H and O–H groups in total. The average Bonchev–Trinajstić information content (AvgIpc) is 3.10. The number of thiazole rings is 1. The van der Waals surface area contributed by atoms with E-state index in [1.807, 2.05) is 24.3 Å². The molecule has 0 saturated heterocycles. The lowest BCUT2D eigenvalue weighted by Crippen LogP contribution is -2.35. The van der Waals surface area contributed by atoms with Crippen molar-refractivity contribution in [3.63, 3.8) is 0 Å². The summed E-state index contributed by atoms with van der Waals surface area (Å²) in [7, 11) is 1.46. The van der Waals surface area contributed by atoms with E-state index in [1.165, 1.54) is 29.1 Å². The number of fused-ring (bicyclic) bond motifs is 1. The van der Waals surface area contributed by atoms with E-state index in [9.17, 15) is 14.7 Å². The molecule has 1 aliphatic heterocycles. The molecule has 0 aliphatic carbocycles. The van der Waals surface area contributed by atoms with Crippen molar-refractivity contribution in [2.24, 2.45) is 4.99 Å². The summed E-state index contributed by atoms with van der Waals surface area (Å²) in [4.78, 5) is 31.4. The predicted molar refractivity (Wildman–Crippen MR) is 130 cm³/mol. The van der Waals surface area contributed by atoms with Gasteiger partial charge in [-0.05, 0) is 55.3 Å². The van der Waals surface area contributed by atoms with Gasteiger partial charge in [-0.2, -0.15) is 0 Å². The normalized spacial score (nSPS) is 15.8. The van der Waals surface area contributed by atoms with Crippen LogP contribution < -0.4 is 19.6 Å². The summed E-state index contributed by atoms with van der Waals surface area (Å²) in [5.74, 6) is -0.169. The molecule has 0 unspecified atom stereocenters. The quantitative estimate of drug-likeness (QED) is 0.512. The number of benzene rings is 2. The Bertz CT molecular complexity index is 1440. The summed E-state index contributed by atoms with van der Waals surface area (Å²) in [6, 6.07) is 11.8. The van der Waals surface area contributed by atoms with Crippen molar-refractivity contribution in [2.45, 2.75) is 19.9 Å². The minimum atomic E-state index is -0.586. The number of esters is 1. The molecule has 0 spiro atoms. The van der Waals surface area contributed by atoms with Crippen molar-refractivity contribution in [3.8, 4) is 11.5 Å². The van der Waals surface area contributed by atoms with Gasteiger partial charge >= 0.3 is 5.97 Å². The number of carbonyl (C=O) groups excluding carboxylic acids is 1. The minimum absolute atomic E-state index is 0.0158. The van der Waals surface area contributed by atoms with Gasteiger partial charge in [0.1, 0.15) is 6.04 Å². The fourth-order valence-corrected chi connectivity index (χ4v) is 4.94. The number of aromatic hydroxyl groups is 1. The molecule has 0 amide bonds. The van der Waals surface area contributed by atoms with E-state index < -0.39 is 12.0 Å². The van der Waals surface area contributed by atoms with Crippen LogP contribution in [0.15, 0.2) is 62.3 Å². The highest BCUT2D eigenvalue weighted by Crippen LogP contribution is 2.33. The molecule has 1 atom stereocenters. The second-order valence-electron chi connectivity index (χ2n) is 7.27. The van der Waals surface area contributed by atoms with E-state index in [0.717, 1.165) is 10.0 Å². The molecule has 0 saturated carbocycles. The molecule has 170 valence electrons. The van der Waals surface area contributed by atoms with Gasteiger partial charge < -0.3 is 14.6 Å². The van der Waals surface area contributed by atoms with Crippen molar-refractivity contribution in [2.75, 3.05) is 13.7 Å². The Balaban J connectivity index is 1.93. The summed E-state index contributed by atoms with van der Waals surface area (Å²) in [5.41, 5.74) is 2.07. The van der Waals surface area contributed by atoms with Gasteiger partial charge in [-0.15, -0.1) is 0 Å². The van der Waals surface area contributed by atoms with Crippen LogP contribution in [0.2, 0.25) is 0 Å². The van der Waals surface area contributed by atoms with E-state index in [2.05, 4.69) is 15.9 Å². The number of hydrogen-bond donors (Lipinski definition) is 1. The number of methoxy groups -OCH3 is 1. The van der Waals surface area contributed by atoms with Crippen LogP contribution in [-0.4, -0.2) is 29.4 Å². The number of hydrogen-bond acceptors (Lipinski definition) is 7. The second kappa shape index (κ2) is 9.36. The minimum Gasteiger partial charge on any atom is -0.504 e. The van der Waals surface area contributed by atoms with Gasteiger partial charge in [-0.25, -0.2) is 9.79 Å². The molecule has 2 aromatic carbocycles. The lowest BCUT2D eigenvalue weighted by Gasteiger charge is -2.22. The Morgan fingerprint density at radius 3 is 2.67 bits per heavy atom. The zero-order chi connectivity index (χ0) is 23.7. The third kappa shape index (κ3) is 4.38. The summed E-state index contributed by atoms with van der Waals surface area (Å²) in [6.07, 6.45) is 1.71. The average molecular weight is 529 g/mol. The zero-order valence-corrected chi connectivity index (χ0v) is 20.6. The Kier molecular flexibility index (Phi) is 6.53. The van der Waals surface area contributed by atoms with E-state index >= 15 is 0 Å². The maximum absolute atomic E-state index is 13.3. The van der Waals surface area contributed by atoms with Crippen molar-refractivity contribution in [1.29, 1.82) is 0 Å². The molecule has 4 rings (SSSR count). The first-order chi connectivity index (χ1) is 15.8. The lowest BCUT2D eigenvalue weighted by atomic mass is 9.97. The van der Waals surface area contributed by atoms with Crippen LogP contribution in [-0.2, 0) is 9.53 Å². The van der Waals surface area contributed by atoms with Gasteiger partial charge in [-0.1, -0.05) is 45.5 Å². The molecule has 3 aromatic rings. The largest absolute Gasteiger partial charge is 0.504 e. The van der Waals surface area contributed by atoms with Crippen LogP contribution in [0.25, 0.3) is 11.8 Å². The molecule has 33 heavy (non-hydrogen) atoms. The van der Waals surface area contributed by atoms with Gasteiger partial charge in [0.25, 0.3) is 5.56 Å². The Morgan fingerprint density at radius 2 is 2.00 bits per heavy atom. The van der Waals surface area contributed by atoms with Crippen LogP contribution in [0.4, 0.5) is 0 Å². The SMILES string of the molecule is CCOC(=O)C1=C(C)n2c(s/c(=C\c3ccc(O)c(OC)c3)c2=O)=N[C@H]1c1ccc(Br)cc1. The maximum atomic E-state index is 13.3. The first-order valence-electron chi connectivity index (χ1n) is 10.2. The molecule has 2 heterocycles. The first-order valence-corrected chi connectivity index (χ1v) is 11.8. The van der Waals surface area contributed by atoms with E-state index in [0.29, 0.717) is 31.9 Å². The van der Waals surface area contributed by atoms with Crippen LogP contribution in [0.5, 0.6) is 11.5 Å². The Labute approximate surface area is 202 Å². The monoisotopic (exact) mass is 528 g/mol. The van der Waals surface area contributed by atoms with Crippen molar-refractivity contribution in [1.82, 2.24) is 4.57 Å². The number of allylic oxidation sites excluding steroid dienone is 1. The highest BCUT2D eigenvalue weighted by Gasteiger charge is 2.31. The Morgan fingerprint density at radius 1 is 1.27 bits per heavy atom. The summed E-state index contributed by atoms with van der Waals surface area (Å²) in [6.45, 7) is 3.69. The molecule has 1 aromatic heterocycles. The lowest BCUT2D eigenvalue weighted by molar-refractivity contribution is -0.138. The number of nitrogens with zero attached hydrogens (tertiary/aromatic N) is 2.